The van der Waals surface area contributed by atoms with Gasteiger partial charge in [0.2, 0.25) is 11.8 Å². The number of hydrogen-bond donors (Lipinski definition) is 2. The Morgan fingerprint density at radius 3 is 2.36 bits per heavy atom. The summed E-state index contributed by atoms with van der Waals surface area (Å²) in [4.78, 5) is 29.3. The highest BCUT2D eigenvalue weighted by atomic mass is 32.1. The summed E-state index contributed by atoms with van der Waals surface area (Å²) in [6, 6.07) is 7.02. The average Bonchev–Trinajstić information content (AvgIpc) is 2.92. The van der Waals surface area contributed by atoms with E-state index in [4.69, 9.17) is 4.74 Å². The summed E-state index contributed by atoms with van der Waals surface area (Å²) in [5, 5.41) is 6.01. The minimum atomic E-state index is -0.592. The van der Waals surface area contributed by atoms with Crippen LogP contribution in [0.15, 0.2) is 24.3 Å². The number of amides is 2. The predicted octanol–water partition coefficient (Wildman–Crippen LogP) is 3.23. The van der Waals surface area contributed by atoms with Gasteiger partial charge in [-0.05, 0) is 37.1 Å². The maximum Gasteiger partial charge on any atom is 0.248 e. The first kappa shape index (κ1) is 18.9. The molecule has 6 nitrogen and oxygen atoms in total. The zero-order valence-electron chi connectivity index (χ0n) is 15.0. The number of hydrogen-bond acceptors (Lipinski definition) is 5. The van der Waals surface area contributed by atoms with Crippen molar-refractivity contribution in [3.05, 3.63) is 29.1 Å². The van der Waals surface area contributed by atoms with Crippen LogP contribution in [0.5, 0.6) is 5.75 Å². The molecule has 0 saturated carbocycles. The summed E-state index contributed by atoms with van der Waals surface area (Å²) in [6.07, 6.45) is 0. The molecule has 0 bridgehead atoms. The van der Waals surface area contributed by atoms with Gasteiger partial charge >= 0.3 is 0 Å². The predicted molar refractivity (Wildman–Crippen MR) is 99.9 cm³/mol. The molecule has 134 valence electrons. The lowest BCUT2D eigenvalue weighted by Crippen LogP contribution is -2.46. The summed E-state index contributed by atoms with van der Waals surface area (Å²) in [5.74, 6) is 0.259. The van der Waals surface area contributed by atoms with Crippen molar-refractivity contribution in [3.8, 4) is 17.0 Å². The third-order valence-corrected chi connectivity index (χ3v) is 4.58. The number of ether oxygens (including phenoxy) is 1. The highest BCUT2D eigenvalue weighted by molar-refractivity contribution is 7.16. The van der Waals surface area contributed by atoms with E-state index in [-0.39, 0.29) is 17.7 Å². The molecule has 0 saturated heterocycles. The van der Waals surface area contributed by atoms with Gasteiger partial charge in [-0.1, -0.05) is 13.8 Å². The summed E-state index contributed by atoms with van der Waals surface area (Å²) in [5.41, 5.74) is 1.78. The van der Waals surface area contributed by atoms with Crippen LogP contribution >= 0.6 is 11.3 Å². The molecule has 2 N–H and O–H groups in total. The van der Waals surface area contributed by atoms with Crippen molar-refractivity contribution in [2.45, 2.75) is 33.7 Å². The fraction of sp³-hybridized carbons (Fsp3) is 0.389. The molecule has 7 heteroatoms. The van der Waals surface area contributed by atoms with Gasteiger partial charge in [-0.15, -0.1) is 11.3 Å². The second kappa shape index (κ2) is 8.11. The average molecular weight is 361 g/mol. The number of nitrogens with zero attached hydrogens (tertiary/aromatic N) is 1. The zero-order chi connectivity index (χ0) is 18.6. The van der Waals surface area contributed by atoms with Gasteiger partial charge in [0.25, 0.3) is 0 Å². The van der Waals surface area contributed by atoms with Crippen molar-refractivity contribution in [1.82, 2.24) is 10.3 Å². The van der Waals surface area contributed by atoms with Crippen LogP contribution in [0, 0.1) is 12.8 Å². The first-order valence-corrected chi connectivity index (χ1v) is 8.83. The molecule has 1 aromatic heterocycles. The van der Waals surface area contributed by atoms with Crippen LogP contribution in [0.4, 0.5) is 5.13 Å². The molecule has 0 fully saturated rings. The molecule has 1 heterocycles. The summed E-state index contributed by atoms with van der Waals surface area (Å²) >= 11 is 1.41. The Morgan fingerprint density at radius 1 is 1.20 bits per heavy atom. The van der Waals surface area contributed by atoms with E-state index in [1.807, 2.05) is 45.0 Å². The largest absolute Gasteiger partial charge is 0.497 e. The van der Waals surface area contributed by atoms with Gasteiger partial charge in [-0.3, -0.25) is 9.59 Å². The molecule has 25 heavy (non-hydrogen) atoms. The first-order chi connectivity index (χ1) is 11.8. The number of carbonyl (C=O) groups is 2. The van der Waals surface area contributed by atoms with Gasteiger partial charge in [0.1, 0.15) is 11.8 Å². The van der Waals surface area contributed by atoms with Crippen LogP contribution < -0.4 is 15.4 Å². The number of benzene rings is 1. The monoisotopic (exact) mass is 361 g/mol. The first-order valence-electron chi connectivity index (χ1n) is 8.01. The van der Waals surface area contributed by atoms with E-state index in [9.17, 15) is 9.59 Å². The van der Waals surface area contributed by atoms with E-state index < -0.39 is 6.04 Å². The summed E-state index contributed by atoms with van der Waals surface area (Å²) in [6.45, 7) is 7.13. The lowest BCUT2D eigenvalue weighted by molar-refractivity contribution is -0.126. The number of nitrogens with one attached hydrogen (secondary N) is 2. The van der Waals surface area contributed by atoms with E-state index in [1.165, 1.54) is 18.3 Å². The number of carbonyl (C=O) groups excluding carboxylic acids is 2. The van der Waals surface area contributed by atoms with Crippen LogP contribution in [-0.4, -0.2) is 29.9 Å². The molecule has 0 aliphatic heterocycles. The SMILES string of the molecule is COc1ccc(-c2nc(NC(=O)[C@@H](NC(C)=O)C(C)C)sc2C)cc1. The quantitative estimate of drug-likeness (QED) is 0.828. The van der Waals surface area contributed by atoms with Crippen LogP contribution in [-0.2, 0) is 9.59 Å². The van der Waals surface area contributed by atoms with Crippen LogP contribution in [0.1, 0.15) is 25.6 Å². The van der Waals surface area contributed by atoms with Crippen molar-refractivity contribution in [2.75, 3.05) is 12.4 Å². The topological polar surface area (TPSA) is 80.3 Å². The lowest BCUT2D eigenvalue weighted by atomic mass is 10.0. The van der Waals surface area contributed by atoms with Crippen LogP contribution in [0.2, 0.25) is 0 Å². The highest BCUT2D eigenvalue weighted by Gasteiger charge is 2.24. The van der Waals surface area contributed by atoms with Crippen LogP contribution in [0.25, 0.3) is 11.3 Å². The van der Waals surface area contributed by atoms with Crippen LogP contribution in [0.3, 0.4) is 0 Å². The Balaban J connectivity index is 2.18. The lowest BCUT2D eigenvalue weighted by Gasteiger charge is -2.20. The van der Waals surface area contributed by atoms with E-state index in [0.29, 0.717) is 5.13 Å². The van der Waals surface area contributed by atoms with E-state index >= 15 is 0 Å². The number of aromatic nitrogens is 1. The molecule has 2 amide bonds. The Kier molecular flexibility index (Phi) is 6.14. The number of aryl methyl sites for hydroxylation is 1. The fourth-order valence-corrected chi connectivity index (χ4v) is 3.24. The third-order valence-electron chi connectivity index (χ3n) is 3.70. The smallest absolute Gasteiger partial charge is 0.248 e. The minimum absolute atomic E-state index is 0.0222. The second-order valence-electron chi connectivity index (χ2n) is 6.06. The second-order valence-corrected chi connectivity index (χ2v) is 7.27. The molecule has 0 unspecified atom stereocenters. The van der Waals surface area contributed by atoms with Crippen molar-refractivity contribution in [1.29, 1.82) is 0 Å². The Morgan fingerprint density at radius 2 is 1.84 bits per heavy atom. The minimum Gasteiger partial charge on any atom is -0.497 e. The molecule has 0 aliphatic rings. The molecule has 0 spiro atoms. The van der Waals surface area contributed by atoms with Crippen molar-refractivity contribution in [3.63, 3.8) is 0 Å². The molecular weight excluding hydrogens is 338 g/mol. The maximum absolute atomic E-state index is 12.5. The number of methoxy groups -OCH3 is 1. The number of thiazole rings is 1. The number of rotatable bonds is 6. The number of anilines is 1. The molecule has 2 aromatic rings. The van der Waals surface area contributed by atoms with E-state index in [0.717, 1.165) is 21.9 Å². The van der Waals surface area contributed by atoms with Crippen molar-refractivity contribution >= 4 is 28.3 Å². The molecule has 1 atom stereocenters. The van der Waals surface area contributed by atoms with Gasteiger partial charge < -0.3 is 15.4 Å². The molecule has 0 aliphatic carbocycles. The van der Waals surface area contributed by atoms with Gasteiger partial charge in [0.05, 0.1) is 12.8 Å². The third kappa shape index (κ3) is 4.79. The van der Waals surface area contributed by atoms with E-state index in [1.54, 1.807) is 7.11 Å². The standard InChI is InChI=1S/C18H23N3O3S/c1-10(2)15(19-12(4)22)17(23)21-18-20-16(11(3)25-18)13-6-8-14(24-5)9-7-13/h6-10,15H,1-5H3,(H,19,22)(H,20,21,23)/t15-/m0/s1. The van der Waals surface area contributed by atoms with Gasteiger partial charge in [0.15, 0.2) is 5.13 Å². The highest BCUT2D eigenvalue weighted by Crippen LogP contribution is 2.31. The van der Waals surface area contributed by atoms with Gasteiger partial charge in [-0.25, -0.2) is 4.98 Å². The van der Waals surface area contributed by atoms with Gasteiger partial charge in [-0.2, -0.15) is 0 Å². The normalized spacial score (nSPS) is 11.9. The summed E-state index contributed by atoms with van der Waals surface area (Å²) in [7, 11) is 1.62. The van der Waals surface area contributed by atoms with Gasteiger partial charge in [0, 0.05) is 17.4 Å². The Labute approximate surface area is 151 Å². The van der Waals surface area contributed by atoms with Crippen molar-refractivity contribution < 1.29 is 14.3 Å². The molecular formula is C18H23N3O3S. The van der Waals surface area contributed by atoms with Crippen molar-refractivity contribution in [2.24, 2.45) is 5.92 Å². The Hall–Kier alpha value is -2.41. The maximum atomic E-state index is 12.5. The Bertz CT molecular complexity index is 753. The zero-order valence-corrected chi connectivity index (χ0v) is 15.9. The molecule has 0 radical (unpaired) electrons. The summed E-state index contributed by atoms with van der Waals surface area (Å²) < 4.78 is 5.16. The van der Waals surface area contributed by atoms with E-state index in [2.05, 4.69) is 15.6 Å². The molecule has 2 rings (SSSR count). The molecule has 1 aromatic carbocycles. The fourth-order valence-electron chi connectivity index (χ4n) is 2.40.